The molecule has 2 aliphatic heterocycles. The Morgan fingerprint density at radius 2 is 1.52 bits per heavy atom. The number of likely N-dealkylation sites (tertiary alicyclic amines) is 1. The topological polar surface area (TPSA) is 104 Å². The highest BCUT2D eigenvalue weighted by Gasteiger charge is 2.29. The molecule has 0 saturated carbocycles. The lowest BCUT2D eigenvalue weighted by Crippen LogP contribution is -2.32. The number of imide groups is 1. The first-order chi connectivity index (χ1) is 15.8. The van der Waals surface area contributed by atoms with E-state index in [4.69, 9.17) is 0 Å². The van der Waals surface area contributed by atoms with Crippen LogP contribution in [0.3, 0.4) is 0 Å². The largest absolute Gasteiger partial charge is 0.322 e. The van der Waals surface area contributed by atoms with Gasteiger partial charge in [-0.2, -0.15) is 4.31 Å². The summed E-state index contributed by atoms with van der Waals surface area (Å²) >= 11 is 0. The Kier molecular flexibility index (Phi) is 6.90. The number of carbonyl (C=O) groups excluding carboxylic acids is 3. The highest BCUT2D eigenvalue weighted by atomic mass is 32.2. The van der Waals surface area contributed by atoms with E-state index in [-0.39, 0.29) is 41.7 Å². The van der Waals surface area contributed by atoms with Crippen molar-refractivity contribution in [3.8, 4) is 0 Å². The first-order valence-corrected chi connectivity index (χ1v) is 12.6. The molecule has 2 fully saturated rings. The van der Waals surface area contributed by atoms with Crippen LogP contribution in [-0.4, -0.2) is 48.4 Å². The second-order valence-electron chi connectivity index (χ2n) is 8.37. The first-order valence-electron chi connectivity index (χ1n) is 11.2. The minimum atomic E-state index is -3.65. The molecule has 0 bridgehead atoms. The smallest absolute Gasteiger partial charge is 0.255 e. The molecule has 2 aromatic carbocycles. The third kappa shape index (κ3) is 5.31. The van der Waals surface area contributed by atoms with Crippen molar-refractivity contribution in [1.82, 2.24) is 9.21 Å². The zero-order chi connectivity index (χ0) is 23.4. The van der Waals surface area contributed by atoms with Gasteiger partial charge in [-0.05, 0) is 48.7 Å². The van der Waals surface area contributed by atoms with Gasteiger partial charge in [0.25, 0.3) is 5.91 Å². The molecule has 9 heteroatoms. The van der Waals surface area contributed by atoms with Gasteiger partial charge in [-0.25, -0.2) is 8.42 Å². The molecule has 33 heavy (non-hydrogen) atoms. The van der Waals surface area contributed by atoms with Gasteiger partial charge >= 0.3 is 0 Å². The summed E-state index contributed by atoms with van der Waals surface area (Å²) in [5.74, 6) is -0.764. The van der Waals surface area contributed by atoms with Crippen molar-refractivity contribution in [2.45, 2.75) is 50.0 Å². The van der Waals surface area contributed by atoms with E-state index in [9.17, 15) is 22.8 Å². The Bertz CT molecular complexity index is 1140. The van der Waals surface area contributed by atoms with Crippen LogP contribution in [-0.2, 0) is 26.2 Å². The molecule has 1 N–H and O–H groups in total. The molecule has 174 valence electrons. The summed E-state index contributed by atoms with van der Waals surface area (Å²) in [6.07, 6.45) is 4.24. The molecule has 2 saturated heterocycles. The lowest BCUT2D eigenvalue weighted by molar-refractivity contribution is -0.139. The van der Waals surface area contributed by atoms with Crippen molar-refractivity contribution in [3.05, 3.63) is 59.7 Å². The summed E-state index contributed by atoms with van der Waals surface area (Å²) in [6, 6.07) is 13.0. The number of nitrogens with one attached hydrogen (secondary N) is 1. The molecule has 3 amide bonds. The number of hydrogen-bond acceptors (Lipinski definition) is 5. The van der Waals surface area contributed by atoms with Crippen LogP contribution in [0.4, 0.5) is 5.69 Å². The van der Waals surface area contributed by atoms with Crippen molar-refractivity contribution < 1.29 is 22.8 Å². The fourth-order valence-electron chi connectivity index (χ4n) is 4.11. The van der Waals surface area contributed by atoms with Gasteiger partial charge in [0.15, 0.2) is 0 Å². The van der Waals surface area contributed by atoms with Crippen LogP contribution in [0.1, 0.15) is 54.4 Å². The summed E-state index contributed by atoms with van der Waals surface area (Å²) < 4.78 is 27.6. The van der Waals surface area contributed by atoms with Crippen LogP contribution in [0.15, 0.2) is 53.4 Å². The maximum atomic E-state index is 13.0. The highest BCUT2D eigenvalue weighted by molar-refractivity contribution is 7.89. The fourth-order valence-corrected chi connectivity index (χ4v) is 5.67. The number of rotatable bonds is 6. The minimum Gasteiger partial charge on any atom is -0.322 e. The van der Waals surface area contributed by atoms with Crippen molar-refractivity contribution in [3.63, 3.8) is 0 Å². The fraction of sp³-hybridized carbons (Fsp3) is 0.375. The second-order valence-corrected chi connectivity index (χ2v) is 10.3. The Morgan fingerprint density at radius 1 is 0.879 bits per heavy atom. The molecule has 8 nitrogen and oxygen atoms in total. The molecular weight excluding hydrogens is 442 g/mol. The summed E-state index contributed by atoms with van der Waals surface area (Å²) in [6.45, 7) is 1.21. The van der Waals surface area contributed by atoms with Crippen molar-refractivity contribution >= 4 is 33.4 Å². The van der Waals surface area contributed by atoms with Gasteiger partial charge in [-0.15, -0.1) is 0 Å². The molecule has 0 aliphatic carbocycles. The number of hydrogen-bond donors (Lipinski definition) is 1. The van der Waals surface area contributed by atoms with Crippen LogP contribution in [0.5, 0.6) is 0 Å². The van der Waals surface area contributed by atoms with Gasteiger partial charge < -0.3 is 5.32 Å². The number of anilines is 1. The van der Waals surface area contributed by atoms with Gasteiger partial charge in [0.2, 0.25) is 21.8 Å². The minimum absolute atomic E-state index is 0.118. The maximum Gasteiger partial charge on any atom is 0.255 e. The van der Waals surface area contributed by atoms with Gasteiger partial charge in [-0.3, -0.25) is 19.3 Å². The average molecular weight is 470 g/mol. The Balaban J connectivity index is 1.43. The molecule has 2 aliphatic rings. The molecule has 4 rings (SSSR count). The molecule has 2 heterocycles. The van der Waals surface area contributed by atoms with E-state index in [1.54, 1.807) is 36.4 Å². The predicted molar refractivity (Wildman–Crippen MR) is 123 cm³/mol. The summed E-state index contributed by atoms with van der Waals surface area (Å²) in [7, 11) is -3.65. The van der Waals surface area contributed by atoms with Crippen molar-refractivity contribution in [1.29, 1.82) is 0 Å². The first kappa shape index (κ1) is 23.1. The maximum absolute atomic E-state index is 13.0. The number of benzene rings is 2. The van der Waals surface area contributed by atoms with Gasteiger partial charge in [-0.1, -0.05) is 31.0 Å². The van der Waals surface area contributed by atoms with E-state index in [0.717, 1.165) is 31.2 Å². The van der Waals surface area contributed by atoms with Crippen LogP contribution in [0, 0.1) is 0 Å². The zero-order valence-corrected chi connectivity index (χ0v) is 19.1. The number of amides is 3. The van der Waals surface area contributed by atoms with E-state index in [1.807, 2.05) is 0 Å². The van der Waals surface area contributed by atoms with Gasteiger partial charge in [0.05, 0.1) is 11.4 Å². The van der Waals surface area contributed by atoms with E-state index in [0.29, 0.717) is 18.8 Å². The molecule has 0 spiro atoms. The third-order valence-electron chi connectivity index (χ3n) is 6.01. The van der Waals surface area contributed by atoms with Crippen LogP contribution < -0.4 is 5.32 Å². The van der Waals surface area contributed by atoms with Crippen LogP contribution >= 0.6 is 0 Å². The number of carbonyl (C=O) groups is 3. The average Bonchev–Trinajstić information content (AvgIpc) is 3.01. The van der Waals surface area contributed by atoms with Crippen LogP contribution in [0.2, 0.25) is 0 Å². The summed E-state index contributed by atoms with van der Waals surface area (Å²) in [4.78, 5) is 37.7. The quantitative estimate of drug-likeness (QED) is 0.655. The Labute approximate surface area is 193 Å². The van der Waals surface area contributed by atoms with E-state index >= 15 is 0 Å². The standard InChI is InChI=1S/C24H27N3O5S/c28-22-12-13-23(29)27(22)17-18-8-10-20(11-9-18)25-24(30)19-6-5-7-21(16-19)33(31,32)26-14-3-1-2-4-15-26/h5-11,16H,1-4,12-15,17H2,(H,25,30). The molecule has 0 unspecified atom stereocenters. The van der Waals surface area contributed by atoms with Crippen molar-refractivity contribution in [2.75, 3.05) is 18.4 Å². The highest BCUT2D eigenvalue weighted by Crippen LogP contribution is 2.22. The second kappa shape index (κ2) is 9.84. The zero-order valence-electron chi connectivity index (χ0n) is 18.3. The Morgan fingerprint density at radius 3 is 2.15 bits per heavy atom. The Hall–Kier alpha value is -3.04. The molecule has 0 aromatic heterocycles. The third-order valence-corrected chi connectivity index (χ3v) is 7.90. The molecule has 0 radical (unpaired) electrons. The van der Waals surface area contributed by atoms with Crippen LogP contribution in [0.25, 0.3) is 0 Å². The van der Waals surface area contributed by atoms with E-state index in [2.05, 4.69) is 5.32 Å². The number of sulfonamides is 1. The number of nitrogens with zero attached hydrogens (tertiary/aromatic N) is 2. The van der Waals surface area contributed by atoms with Crippen molar-refractivity contribution in [2.24, 2.45) is 0 Å². The lowest BCUT2D eigenvalue weighted by atomic mass is 10.1. The molecule has 0 atom stereocenters. The molecular formula is C24H27N3O5S. The monoisotopic (exact) mass is 469 g/mol. The van der Waals surface area contributed by atoms with Gasteiger partial charge in [0, 0.05) is 37.2 Å². The lowest BCUT2D eigenvalue weighted by Gasteiger charge is -2.20. The normalized spacial score (nSPS) is 17.8. The van der Waals surface area contributed by atoms with E-state index < -0.39 is 15.9 Å². The van der Waals surface area contributed by atoms with Gasteiger partial charge in [0.1, 0.15) is 0 Å². The summed E-state index contributed by atoms with van der Waals surface area (Å²) in [5.41, 5.74) is 1.56. The van der Waals surface area contributed by atoms with E-state index in [1.165, 1.54) is 21.3 Å². The summed E-state index contributed by atoms with van der Waals surface area (Å²) in [5, 5.41) is 2.77. The SMILES string of the molecule is O=C(Nc1ccc(CN2C(=O)CCC2=O)cc1)c1cccc(S(=O)(=O)N2CCCCCC2)c1. The predicted octanol–water partition coefficient (Wildman–Crippen LogP) is 3.15. The molecule has 2 aromatic rings.